The molecule has 1 aromatic carbocycles. The van der Waals surface area contributed by atoms with Gasteiger partial charge in [0.25, 0.3) is 5.91 Å². The number of thiophene rings is 1. The van der Waals surface area contributed by atoms with Crippen LogP contribution in [0.4, 0.5) is 0 Å². The van der Waals surface area contributed by atoms with E-state index in [1.54, 1.807) is 29.5 Å². The van der Waals surface area contributed by atoms with Gasteiger partial charge in [0.1, 0.15) is 5.75 Å². The molecule has 0 radical (unpaired) electrons. The van der Waals surface area contributed by atoms with E-state index in [2.05, 4.69) is 45.4 Å². The zero-order valence-corrected chi connectivity index (χ0v) is 20.1. The van der Waals surface area contributed by atoms with Gasteiger partial charge in [-0.3, -0.25) is 9.79 Å². The van der Waals surface area contributed by atoms with E-state index in [1.165, 1.54) is 10.9 Å². The number of nitrogens with one attached hydrogen (secondary N) is 3. The van der Waals surface area contributed by atoms with Gasteiger partial charge in [0.2, 0.25) is 0 Å². The first-order valence-corrected chi connectivity index (χ1v) is 10.6. The molecule has 0 aliphatic rings. The summed E-state index contributed by atoms with van der Waals surface area (Å²) in [4.78, 5) is 18.1. The molecule has 29 heavy (non-hydrogen) atoms. The molecule has 1 heterocycles. The summed E-state index contributed by atoms with van der Waals surface area (Å²) >= 11 is 1.79. The number of hydrogen-bond donors (Lipinski definition) is 4. The minimum absolute atomic E-state index is 0. The van der Waals surface area contributed by atoms with Crippen LogP contribution in [0, 0.1) is 5.92 Å². The van der Waals surface area contributed by atoms with E-state index >= 15 is 0 Å². The Labute approximate surface area is 194 Å². The van der Waals surface area contributed by atoms with E-state index in [4.69, 9.17) is 0 Å². The highest BCUT2D eigenvalue weighted by Crippen LogP contribution is 2.14. The van der Waals surface area contributed by atoms with Crippen LogP contribution in [-0.2, 0) is 6.42 Å². The lowest BCUT2D eigenvalue weighted by Crippen LogP contribution is -2.39. The molecule has 1 amide bonds. The average molecular weight is 530 g/mol. The quantitative estimate of drug-likeness (QED) is 0.164. The van der Waals surface area contributed by atoms with Crippen LogP contribution < -0.4 is 16.0 Å². The first kappa shape index (κ1) is 25.2. The fourth-order valence-corrected chi connectivity index (χ4v) is 3.54. The van der Waals surface area contributed by atoms with Gasteiger partial charge in [-0.1, -0.05) is 19.1 Å². The summed E-state index contributed by atoms with van der Waals surface area (Å²) in [7, 11) is 0. The van der Waals surface area contributed by atoms with Crippen molar-refractivity contribution in [2.45, 2.75) is 26.7 Å². The Hall–Kier alpha value is -1.81. The normalized spacial score (nSPS) is 12.0. The fraction of sp³-hybridized carbons (Fsp3) is 0.429. The average Bonchev–Trinajstić information content (AvgIpc) is 3.18. The zero-order chi connectivity index (χ0) is 20.2. The maximum atomic E-state index is 12.0. The molecule has 160 valence electrons. The number of hydrogen-bond acceptors (Lipinski definition) is 4. The predicted molar refractivity (Wildman–Crippen MR) is 132 cm³/mol. The molecule has 0 aliphatic heterocycles. The van der Waals surface area contributed by atoms with Gasteiger partial charge < -0.3 is 21.1 Å². The van der Waals surface area contributed by atoms with Gasteiger partial charge in [-0.2, -0.15) is 0 Å². The number of carbonyl (C=O) groups excluding carboxylic acids is 1. The molecule has 0 aliphatic carbocycles. The van der Waals surface area contributed by atoms with Crippen LogP contribution in [0.2, 0.25) is 0 Å². The summed E-state index contributed by atoms with van der Waals surface area (Å²) in [5, 5.41) is 21.0. The van der Waals surface area contributed by atoms with Crippen molar-refractivity contribution in [1.29, 1.82) is 0 Å². The molecule has 0 saturated heterocycles. The van der Waals surface area contributed by atoms with E-state index < -0.39 is 0 Å². The standard InChI is InChI=1S/C21H30N4O2S.HI/c1-3-22-21(25-15-16(2)13-19-9-5-12-28-19)24-11-6-10-23-20(27)17-7-4-8-18(26)14-17;/h4-5,7-9,12,14,16,26H,3,6,10-11,13,15H2,1-2H3,(H,23,27)(H2,22,24,25);1H. The molecule has 6 nitrogen and oxygen atoms in total. The molecule has 4 N–H and O–H groups in total. The van der Waals surface area contributed by atoms with Gasteiger partial charge in [-0.15, -0.1) is 35.3 Å². The van der Waals surface area contributed by atoms with Crippen LogP contribution in [0.25, 0.3) is 0 Å². The van der Waals surface area contributed by atoms with Crippen molar-refractivity contribution in [3.63, 3.8) is 0 Å². The molecule has 0 saturated carbocycles. The number of halogens is 1. The van der Waals surface area contributed by atoms with E-state index in [0.29, 0.717) is 24.6 Å². The Balaban J connectivity index is 0.00000420. The van der Waals surface area contributed by atoms with Crippen LogP contribution in [0.3, 0.4) is 0 Å². The molecule has 1 atom stereocenters. The SMILES string of the molecule is CCNC(=NCC(C)Cc1cccs1)NCCCNC(=O)c1cccc(O)c1.I. The summed E-state index contributed by atoms with van der Waals surface area (Å²) in [6.07, 6.45) is 1.82. The smallest absolute Gasteiger partial charge is 0.251 e. The maximum absolute atomic E-state index is 12.0. The maximum Gasteiger partial charge on any atom is 0.251 e. The number of aliphatic imine (C=N–C) groups is 1. The number of benzene rings is 1. The highest BCUT2D eigenvalue weighted by Gasteiger charge is 2.06. The van der Waals surface area contributed by atoms with Crippen molar-refractivity contribution in [2.75, 3.05) is 26.2 Å². The highest BCUT2D eigenvalue weighted by atomic mass is 127. The van der Waals surface area contributed by atoms with Crippen molar-refractivity contribution in [2.24, 2.45) is 10.9 Å². The number of guanidine groups is 1. The van der Waals surface area contributed by atoms with Gasteiger partial charge in [0.15, 0.2) is 5.96 Å². The minimum atomic E-state index is -0.182. The fourth-order valence-electron chi connectivity index (χ4n) is 2.67. The monoisotopic (exact) mass is 530 g/mol. The predicted octanol–water partition coefficient (Wildman–Crippen LogP) is 3.63. The van der Waals surface area contributed by atoms with Crippen LogP contribution in [0.5, 0.6) is 5.75 Å². The summed E-state index contributed by atoms with van der Waals surface area (Å²) < 4.78 is 0. The number of amides is 1. The molecule has 1 unspecified atom stereocenters. The molecule has 0 fully saturated rings. The summed E-state index contributed by atoms with van der Waals surface area (Å²) in [6, 6.07) is 10.6. The second-order valence-electron chi connectivity index (χ2n) is 6.69. The lowest BCUT2D eigenvalue weighted by molar-refractivity contribution is 0.0953. The second kappa shape index (κ2) is 14.2. The van der Waals surface area contributed by atoms with Crippen LogP contribution >= 0.6 is 35.3 Å². The lowest BCUT2D eigenvalue weighted by atomic mass is 10.1. The number of carbonyl (C=O) groups is 1. The number of nitrogens with zero attached hydrogens (tertiary/aromatic N) is 1. The summed E-state index contributed by atoms with van der Waals surface area (Å²) in [5.74, 6) is 1.20. The van der Waals surface area contributed by atoms with E-state index in [9.17, 15) is 9.90 Å². The van der Waals surface area contributed by atoms with Crippen molar-refractivity contribution in [3.8, 4) is 5.75 Å². The van der Waals surface area contributed by atoms with E-state index in [-0.39, 0.29) is 35.6 Å². The molecule has 8 heteroatoms. The Morgan fingerprint density at radius 3 is 2.66 bits per heavy atom. The molecular weight excluding hydrogens is 499 g/mol. The third-order valence-corrected chi connectivity index (χ3v) is 4.97. The van der Waals surface area contributed by atoms with Crippen molar-refractivity contribution >= 4 is 47.2 Å². The van der Waals surface area contributed by atoms with Gasteiger partial charge in [-0.25, -0.2) is 0 Å². The summed E-state index contributed by atoms with van der Waals surface area (Å²) in [5.41, 5.74) is 0.461. The molecule has 2 rings (SSSR count). The number of rotatable bonds is 10. The van der Waals surface area contributed by atoms with Crippen molar-refractivity contribution < 1.29 is 9.90 Å². The number of phenols is 1. The van der Waals surface area contributed by atoms with E-state index in [1.807, 2.05) is 6.92 Å². The van der Waals surface area contributed by atoms with Gasteiger partial charge in [0, 0.05) is 36.6 Å². The largest absolute Gasteiger partial charge is 0.508 e. The van der Waals surface area contributed by atoms with Crippen LogP contribution in [0.1, 0.15) is 35.5 Å². The third-order valence-electron chi connectivity index (χ3n) is 4.07. The zero-order valence-electron chi connectivity index (χ0n) is 17.0. The van der Waals surface area contributed by atoms with Gasteiger partial charge in [0.05, 0.1) is 0 Å². The minimum Gasteiger partial charge on any atom is -0.508 e. The Morgan fingerprint density at radius 2 is 1.97 bits per heavy atom. The first-order valence-electron chi connectivity index (χ1n) is 9.70. The molecule has 0 bridgehead atoms. The number of aromatic hydroxyl groups is 1. The first-order chi connectivity index (χ1) is 13.6. The molecular formula is C21H31IN4O2S. The third kappa shape index (κ3) is 9.98. The summed E-state index contributed by atoms with van der Waals surface area (Å²) in [6.45, 7) is 7.09. The molecule has 2 aromatic rings. The number of phenolic OH excluding ortho intramolecular Hbond substituents is 1. The van der Waals surface area contributed by atoms with Crippen molar-refractivity contribution in [3.05, 3.63) is 52.2 Å². The molecule has 0 spiro atoms. The second-order valence-corrected chi connectivity index (χ2v) is 7.73. The molecule has 1 aromatic heterocycles. The van der Waals surface area contributed by atoms with E-state index in [0.717, 1.165) is 31.9 Å². The lowest BCUT2D eigenvalue weighted by Gasteiger charge is -2.13. The van der Waals surface area contributed by atoms with Crippen LogP contribution in [0.15, 0.2) is 46.8 Å². The Morgan fingerprint density at radius 1 is 1.17 bits per heavy atom. The Bertz CT molecular complexity index is 753. The van der Waals surface area contributed by atoms with Gasteiger partial charge in [-0.05, 0) is 55.3 Å². The topological polar surface area (TPSA) is 85.8 Å². The van der Waals surface area contributed by atoms with Gasteiger partial charge >= 0.3 is 0 Å². The van der Waals surface area contributed by atoms with Crippen molar-refractivity contribution in [1.82, 2.24) is 16.0 Å². The van der Waals surface area contributed by atoms with Crippen LogP contribution in [-0.4, -0.2) is 43.2 Å². The highest BCUT2D eigenvalue weighted by molar-refractivity contribution is 14.0. The Kier molecular flexibility index (Phi) is 12.4.